The zero-order valence-corrected chi connectivity index (χ0v) is 22.8. The van der Waals surface area contributed by atoms with E-state index in [0.717, 1.165) is 107 Å². The number of aryl methyl sites for hydroxylation is 1. The van der Waals surface area contributed by atoms with Gasteiger partial charge in [-0.1, -0.05) is 6.07 Å². The number of pyridine rings is 1. The molecule has 37 heavy (non-hydrogen) atoms. The van der Waals surface area contributed by atoms with Gasteiger partial charge < -0.3 is 19.7 Å². The quantitative estimate of drug-likeness (QED) is 0.480. The Morgan fingerprint density at radius 3 is 2.49 bits per heavy atom. The van der Waals surface area contributed by atoms with Crippen LogP contribution in [-0.2, 0) is 9.53 Å². The molecule has 0 atom stereocenters. The highest BCUT2D eigenvalue weighted by Crippen LogP contribution is 2.41. The first kappa shape index (κ1) is 26.4. The largest absolute Gasteiger partial charge is 0.496 e. The summed E-state index contributed by atoms with van der Waals surface area (Å²) >= 11 is 0. The van der Waals surface area contributed by atoms with E-state index in [9.17, 15) is 4.79 Å². The smallest absolute Gasteiger partial charge is 0.225 e. The summed E-state index contributed by atoms with van der Waals surface area (Å²) in [5.41, 5.74) is 3.28. The molecular weight excluding hydrogens is 462 g/mol. The SMILES string of the molecule is COc1cc2nc(C)ccc2cc1C1CCC(C(=O)N2CCC(CCOCC3CCNCC3)CC2)CC1. The van der Waals surface area contributed by atoms with E-state index in [1.807, 2.05) is 6.92 Å². The van der Waals surface area contributed by atoms with Crippen LogP contribution in [0.1, 0.15) is 75.0 Å². The Kier molecular flexibility index (Phi) is 8.98. The van der Waals surface area contributed by atoms with Crippen molar-refractivity contribution in [1.82, 2.24) is 15.2 Å². The molecule has 1 aliphatic carbocycles. The summed E-state index contributed by atoms with van der Waals surface area (Å²) in [7, 11) is 1.75. The first-order valence-electron chi connectivity index (χ1n) is 14.6. The first-order chi connectivity index (χ1) is 18.1. The minimum atomic E-state index is 0.178. The van der Waals surface area contributed by atoms with Crippen molar-refractivity contribution in [1.29, 1.82) is 0 Å². The molecule has 2 saturated heterocycles. The molecule has 1 N–H and O–H groups in total. The maximum Gasteiger partial charge on any atom is 0.225 e. The summed E-state index contributed by atoms with van der Waals surface area (Å²) < 4.78 is 11.8. The number of nitrogens with zero attached hydrogens (tertiary/aromatic N) is 2. The number of likely N-dealkylation sites (tertiary alicyclic amines) is 1. The maximum absolute atomic E-state index is 13.3. The number of hydrogen-bond donors (Lipinski definition) is 1. The molecule has 0 unspecified atom stereocenters. The summed E-state index contributed by atoms with van der Waals surface area (Å²) in [6.07, 6.45) is 9.91. The number of carbonyl (C=O) groups excluding carboxylic acids is 1. The molecule has 1 amide bonds. The Morgan fingerprint density at radius 2 is 1.76 bits per heavy atom. The molecule has 2 aromatic rings. The number of fused-ring (bicyclic) bond motifs is 1. The van der Waals surface area contributed by atoms with Crippen LogP contribution in [0, 0.1) is 24.7 Å². The Labute approximate surface area is 222 Å². The number of methoxy groups -OCH3 is 1. The third-order valence-electron chi connectivity index (χ3n) is 9.11. The van der Waals surface area contributed by atoms with E-state index < -0.39 is 0 Å². The zero-order valence-electron chi connectivity index (χ0n) is 22.8. The topological polar surface area (TPSA) is 63.7 Å². The second-order valence-corrected chi connectivity index (χ2v) is 11.6. The van der Waals surface area contributed by atoms with Crippen molar-refractivity contribution in [2.45, 2.75) is 70.6 Å². The van der Waals surface area contributed by atoms with Gasteiger partial charge in [0.15, 0.2) is 0 Å². The normalized spacial score (nSPS) is 23.9. The molecule has 3 fully saturated rings. The van der Waals surface area contributed by atoms with Crippen LogP contribution in [0.4, 0.5) is 0 Å². The molecule has 6 nitrogen and oxygen atoms in total. The highest BCUT2D eigenvalue weighted by molar-refractivity contribution is 5.82. The average molecular weight is 508 g/mol. The van der Waals surface area contributed by atoms with Gasteiger partial charge >= 0.3 is 0 Å². The van der Waals surface area contributed by atoms with Gasteiger partial charge in [-0.05, 0) is 113 Å². The third kappa shape index (κ3) is 6.64. The fraction of sp³-hybridized carbons (Fsp3) is 0.677. The monoisotopic (exact) mass is 507 g/mol. The Hall–Kier alpha value is -2.18. The number of amides is 1. The van der Waals surface area contributed by atoms with Crippen LogP contribution in [0.15, 0.2) is 24.3 Å². The van der Waals surface area contributed by atoms with E-state index in [-0.39, 0.29) is 5.92 Å². The van der Waals surface area contributed by atoms with Crippen molar-refractivity contribution in [2.24, 2.45) is 17.8 Å². The lowest BCUT2D eigenvalue weighted by atomic mass is 9.77. The van der Waals surface area contributed by atoms with E-state index in [0.29, 0.717) is 17.7 Å². The van der Waals surface area contributed by atoms with Crippen molar-refractivity contribution >= 4 is 16.8 Å². The van der Waals surface area contributed by atoms with Crippen LogP contribution in [0.3, 0.4) is 0 Å². The molecule has 1 aromatic heterocycles. The van der Waals surface area contributed by atoms with Gasteiger partial charge in [-0.3, -0.25) is 9.78 Å². The molecule has 1 saturated carbocycles. The van der Waals surface area contributed by atoms with Crippen molar-refractivity contribution in [3.63, 3.8) is 0 Å². The van der Waals surface area contributed by atoms with Gasteiger partial charge in [0.1, 0.15) is 5.75 Å². The lowest BCUT2D eigenvalue weighted by Crippen LogP contribution is -2.42. The van der Waals surface area contributed by atoms with E-state index in [1.165, 1.54) is 23.8 Å². The van der Waals surface area contributed by atoms with Crippen molar-refractivity contribution in [3.05, 3.63) is 35.5 Å². The molecule has 3 aliphatic rings. The van der Waals surface area contributed by atoms with E-state index >= 15 is 0 Å². The van der Waals surface area contributed by atoms with E-state index in [1.54, 1.807) is 7.11 Å². The van der Waals surface area contributed by atoms with Gasteiger partial charge in [-0.25, -0.2) is 0 Å². The Balaban J connectivity index is 1.06. The van der Waals surface area contributed by atoms with Gasteiger partial charge in [0.05, 0.1) is 12.6 Å². The average Bonchev–Trinajstić information content (AvgIpc) is 2.95. The zero-order chi connectivity index (χ0) is 25.6. The molecule has 6 heteroatoms. The Bertz CT molecular complexity index is 1040. The van der Waals surface area contributed by atoms with Gasteiger partial charge in [0.2, 0.25) is 5.91 Å². The predicted molar refractivity (Wildman–Crippen MR) is 148 cm³/mol. The summed E-state index contributed by atoms with van der Waals surface area (Å²) in [5.74, 6) is 3.38. The predicted octanol–water partition coefficient (Wildman–Crippen LogP) is 5.47. The lowest BCUT2D eigenvalue weighted by Gasteiger charge is -2.36. The third-order valence-corrected chi connectivity index (χ3v) is 9.11. The van der Waals surface area contributed by atoms with Crippen LogP contribution < -0.4 is 10.1 Å². The fourth-order valence-electron chi connectivity index (χ4n) is 6.67. The van der Waals surface area contributed by atoms with Gasteiger partial charge in [-0.2, -0.15) is 0 Å². The molecule has 0 bridgehead atoms. The molecular formula is C31H45N3O3. The molecule has 1 aromatic carbocycles. The number of hydrogen-bond acceptors (Lipinski definition) is 5. The highest BCUT2D eigenvalue weighted by Gasteiger charge is 2.33. The Morgan fingerprint density at radius 1 is 1.00 bits per heavy atom. The van der Waals surface area contributed by atoms with Crippen molar-refractivity contribution in [2.75, 3.05) is 46.5 Å². The summed E-state index contributed by atoms with van der Waals surface area (Å²) in [6, 6.07) is 8.56. The molecule has 5 rings (SSSR count). The number of nitrogens with one attached hydrogen (secondary N) is 1. The number of ether oxygens (including phenoxy) is 2. The standard InChI is InChI=1S/C31H45N3O3/c1-22-3-4-27-19-28(30(36-2)20-29(27)33-22)25-5-7-26(8-6-25)31(35)34-16-11-23(12-17-34)13-18-37-21-24-9-14-32-15-10-24/h3-4,19-20,23-26,32H,5-18,21H2,1-2H3. The molecule has 202 valence electrons. The lowest BCUT2D eigenvalue weighted by molar-refractivity contribution is -0.138. The highest BCUT2D eigenvalue weighted by atomic mass is 16.5. The number of benzene rings is 1. The van der Waals surface area contributed by atoms with Crippen LogP contribution in [0.2, 0.25) is 0 Å². The number of rotatable bonds is 8. The number of carbonyl (C=O) groups is 1. The number of aromatic nitrogens is 1. The minimum absolute atomic E-state index is 0.178. The molecule has 2 aliphatic heterocycles. The summed E-state index contributed by atoms with van der Waals surface area (Å²) in [5, 5.41) is 4.59. The van der Waals surface area contributed by atoms with Gasteiger partial charge in [0, 0.05) is 49.4 Å². The van der Waals surface area contributed by atoms with E-state index in [4.69, 9.17) is 9.47 Å². The molecule has 0 radical (unpaired) electrons. The van der Waals surface area contributed by atoms with Crippen LogP contribution >= 0.6 is 0 Å². The van der Waals surface area contributed by atoms with Gasteiger partial charge in [-0.15, -0.1) is 0 Å². The summed E-state index contributed by atoms with van der Waals surface area (Å²) in [6.45, 7) is 7.93. The minimum Gasteiger partial charge on any atom is -0.496 e. The second-order valence-electron chi connectivity index (χ2n) is 11.6. The second kappa shape index (κ2) is 12.6. The van der Waals surface area contributed by atoms with Crippen LogP contribution in [-0.4, -0.2) is 62.3 Å². The molecule has 3 heterocycles. The number of piperidine rings is 2. The van der Waals surface area contributed by atoms with Gasteiger partial charge in [0.25, 0.3) is 0 Å². The summed E-state index contributed by atoms with van der Waals surface area (Å²) in [4.78, 5) is 20.1. The van der Waals surface area contributed by atoms with Crippen molar-refractivity contribution < 1.29 is 14.3 Å². The molecule has 0 spiro atoms. The first-order valence-corrected chi connectivity index (χ1v) is 14.6. The maximum atomic E-state index is 13.3. The van der Waals surface area contributed by atoms with Crippen molar-refractivity contribution in [3.8, 4) is 5.75 Å². The van der Waals surface area contributed by atoms with Crippen LogP contribution in [0.25, 0.3) is 10.9 Å². The fourth-order valence-corrected chi connectivity index (χ4v) is 6.67. The van der Waals surface area contributed by atoms with E-state index in [2.05, 4.69) is 39.5 Å². The van der Waals surface area contributed by atoms with Crippen LogP contribution in [0.5, 0.6) is 5.75 Å².